The maximum atomic E-state index is 13.5. The lowest BCUT2D eigenvalue weighted by Gasteiger charge is -2.08. The Morgan fingerprint density at radius 3 is 2.59 bits per heavy atom. The molecule has 0 aliphatic carbocycles. The van der Waals surface area contributed by atoms with Crippen LogP contribution in [0.15, 0.2) is 52.3 Å². The zero-order valence-corrected chi connectivity index (χ0v) is 10.6. The molecular formula is C13H11ClFNS. The van der Waals surface area contributed by atoms with Crippen LogP contribution in [0, 0.1) is 5.82 Å². The fraction of sp³-hybridized carbons (Fsp3) is 0.0769. The summed E-state index contributed by atoms with van der Waals surface area (Å²) in [5, 5.41) is 0.626. The molecule has 2 aromatic carbocycles. The van der Waals surface area contributed by atoms with Crippen molar-refractivity contribution in [3.05, 3.63) is 58.9 Å². The van der Waals surface area contributed by atoms with Crippen LogP contribution >= 0.6 is 23.4 Å². The van der Waals surface area contributed by atoms with Crippen LogP contribution in [0.1, 0.15) is 5.56 Å². The van der Waals surface area contributed by atoms with Crippen LogP contribution in [0.2, 0.25) is 5.02 Å². The third-order valence-electron chi connectivity index (χ3n) is 2.31. The summed E-state index contributed by atoms with van der Waals surface area (Å²) < 4.78 is 13.5. The van der Waals surface area contributed by atoms with Gasteiger partial charge in [0.25, 0.3) is 0 Å². The Bertz CT molecular complexity index is 531. The van der Waals surface area contributed by atoms with Crippen LogP contribution in [0.3, 0.4) is 0 Å². The van der Waals surface area contributed by atoms with E-state index in [1.807, 2.05) is 6.07 Å². The lowest BCUT2D eigenvalue weighted by atomic mass is 10.2. The van der Waals surface area contributed by atoms with Crippen LogP contribution in [-0.2, 0) is 6.54 Å². The van der Waals surface area contributed by atoms with Crippen molar-refractivity contribution in [1.82, 2.24) is 0 Å². The molecule has 1 nitrogen and oxygen atoms in total. The quantitative estimate of drug-likeness (QED) is 0.906. The normalized spacial score (nSPS) is 10.5. The van der Waals surface area contributed by atoms with Crippen molar-refractivity contribution in [2.75, 3.05) is 0 Å². The van der Waals surface area contributed by atoms with Crippen LogP contribution in [0.25, 0.3) is 0 Å². The summed E-state index contributed by atoms with van der Waals surface area (Å²) in [6.07, 6.45) is 0. The van der Waals surface area contributed by atoms with E-state index in [2.05, 4.69) is 0 Å². The Labute approximate surface area is 109 Å². The largest absolute Gasteiger partial charge is 0.326 e. The molecule has 0 fully saturated rings. The number of hydrogen-bond donors (Lipinski definition) is 1. The summed E-state index contributed by atoms with van der Waals surface area (Å²) in [6.45, 7) is 0.411. The van der Waals surface area contributed by atoms with Crippen LogP contribution in [0.4, 0.5) is 4.39 Å². The van der Waals surface area contributed by atoms with E-state index in [1.54, 1.807) is 30.3 Å². The monoisotopic (exact) mass is 267 g/mol. The lowest BCUT2D eigenvalue weighted by Crippen LogP contribution is -1.98. The molecule has 0 heterocycles. The second-order valence-electron chi connectivity index (χ2n) is 3.49. The number of hydrogen-bond acceptors (Lipinski definition) is 2. The molecule has 0 saturated heterocycles. The number of halogens is 2. The Hall–Kier alpha value is -1.03. The Morgan fingerprint density at radius 2 is 1.88 bits per heavy atom. The average molecular weight is 268 g/mol. The van der Waals surface area contributed by atoms with Gasteiger partial charge in [-0.05, 0) is 29.8 Å². The fourth-order valence-electron chi connectivity index (χ4n) is 1.44. The average Bonchev–Trinajstić information content (AvgIpc) is 2.32. The summed E-state index contributed by atoms with van der Waals surface area (Å²) in [7, 11) is 0. The van der Waals surface area contributed by atoms with Crippen molar-refractivity contribution in [1.29, 1.82) is 0 Å². The predicted molar refractivity (Wildman–Crippen MR) is 69.9 cm³/mol. The van der Waals surface area contributed by atoms with Gasteiger partial charge in [-0.1, -0.05) is 41.6 Å². The van der Waals surface area contributed by atoms with Gasteiger partial charge < -0.3 is 5.73 Å². The molecule has 0 aliphatic heterocycles. The van der Waals surface area contributed by atoms with Gasteiger partial charge >= 0.3 is 0 Å². The van der Waals surface area contributed by atoms with Crippen LogP contribution in [-0.4, -0.2) is 0 Å². The molecule has 0 spiro atoms. The zero-order chi connectivity index (χ0) is 12.3. The molecule has 0 atom stereocenters. The molecule has 0 aromatic heterocycles. The molecular weight excluding hydrogens is 257 g/mol. The minimum absolute atomic E-state index is 0.236. The highest BCUT2D eigenvalue weighted by atomic mass is 35.5. The van der Waals surface area contributed by atoms with Gasteiger partial charge in [-0.15, -0.1) is 0 Å². The Balaban J connectivity index is 2.35. The minimum atomic E-state index is -0.236. The minimum Gasteiger partial charge on any atom is -0.326 e. The van der Waals surface area contributed by atoms with Gasteiger partial charge in [-0.25, -0.2) is 4.39 Å². The van der Waals surface area contributed by atoms with Gasteiger partial charge in [0.1, 0.15) is 5.82 Å². The maximum Gasteiger partial charge on any atom is 0.137 e. The van der Waals surface area contributed by atoms with Gasteiger partial charge in [0.05, 0.1) is 0 Å². The van der Waals surface area contributed by atoms with Gasteiger partial charge in [0, 0.05) is 21.4 Å². The first-order valence-corrected chi connectivity index (χ1v) is 6.31. The van der Waals surface area contributed by atoms with E-state index in [9.17, 15) is 4.39 Å². The highest BCUT2D eigenvalue weighted by molar-refractivity contribution is 7.99. The van der Waals surface area contributed by atoms with Crippen molar-refractivity contribution in [3.63, 3.8) is 0 Å². The molecule has 17 heavy (non-hydrogen) atoms. The van der Waals surface area contributed by atoms with E-state index >= 15 is 0 Å². The summed E-state index contributed by atoms with van der Waals surface area (Å²) in [4.78, 5) is 1.47. The molecule has 88 valence electrons. The van der Waals surface area contributed by atoms with Crippen molar-refractivity contribution in [2.45, 2.75) is 16.3 Å². The van der Waals surface area contributed by atoms with Gasteiger partial charge in [0.2, 0.25) is 0 Å². The molecule has 0 bridgehead atoms. The summed E-state index contributed by atoms with van der Waals surface area (Å²) in [5.41, 5.74) is 6.60. The molecule has 2 aromatic rings. The Kier molecular flexibility index (Phi) is 4.05. The number of nitrogens with two attached hydrogens (primary N) is 1. The van der Waals surface area contributed by atoms with E-state index in [0.717, 1.165) is 10.5 Å². The highest BCUT2D eigenvalue weighted by Crippen LogP contribution is 2.33. The first-order chi connectivity index (χ1) is 8.20. The predicted octanol–water partition coefficient (Wildman–Crippen LogP) is 4.09. The fourth-order valence-corrected chi connectivity index (χ4v) is 2.69. The van der Waals surface area contributed by atoms with Crippen molar-refractivity contribution >= 4 is 23.4 Å². The molecule has 0 saturated carbocycles. The van der Waals surface area contributed by atoms with Crippen molar-refractivity contribution < 1.29 is 4.39 Å². The second-order valence-corrected chi connectivity index (χ2v) is 5.01. The third kappa shape index (κ3) is 3.00. The van der Waals surface area contributed by atoms with Crippen molar-refractivity contribution in [2.24, 2.45) is 5.73 Å². The highest BCUT2D eigenvalue weighted by Gasteiger charge is 2.07. The smallest absolute Gasteiger partial charge is 0.137 e. The maximum absolute atomic E-state index is 13.5. The zero-order valence-electron chi connectivity index (χ0n) is 8.99. The molecule has 4 heteroatoms. The molecule has 0 amide bonds. The van der Waals surface area contributed by atoms with E-state index in [-0.39, 0.29) is 5.82 Å². The summed E-state index contributed by atoms with van der Waals surface area (Å²) in [5.74, 6) is -0.236. The summed E-state index contributed by atoms with van der Waals surface area (Å²) >= 11 is 7.27. The number of rotatable bonds is 3. The molecule has 0 radical (unpaired) electrons. The topological polar surface area (TPSA) is 26.0 Å². The molecule has 2 N–H and O–H groups in total. The molecule has 0 unspecified atom stereocenters. The number of benzene rings is 2. The van der Waals surface area contributed by atoms with E-state index in [4.69, 9.17) is 17.3 Å². The first-order valence-electron chi connectivity index (χ1n) is 5.11. The van der Waals surface area contributed by atoms with Crippen LogP contribution < -0.4 is 5.73 Å². The first kappa shape index (κ1) is 12.4. The second kappa shape index (κ2) is 5.54. The third-order valence-corrected chi connectivity index (χ3v) is 3.69. The van der Waals surface area contributed by atoms with Gasteiger partial charge in [-0.2, -0.15) is 0 Å². The van der Waals surface area contributed by atoms with E-state index in [1.165, 1.54) is 17.8 Å². The lowest BCUT2D eigenvalue weighted by molar-refractivity contribution is 0.602. The van der Waals surface area contributed by atoms with E-state index < -0.39 is 0 Å². The summed E-state index contributed by atoms with van der Waals surface area (Å²) in [6, 6.07) is 12.1. The molecule has 2 rings (SSSR count). The molecule has 0 aliphatic rings. The van der Waals surface area contributed by atoms with Gasteiger partial charge in [0.15, 0.2) is 0 Å². The van der Waals surface area contributed by atoms with Gasteiger partial charge in [-0.3, -0.25) is 0 Å². The van der Waals surface area contributed by atoms with Crippen molar-refractivity contribution in [3.8, 4) is 0 Å². The van der Waals surface area contributed by atoms with Crippen LogP contribution in [0.5, 0.6) is 0 Å². The van der Waals surface area contributed by atoms with E-state index in [0.29, 0.717) is 16.5 Å². The Morgan fingerprint density at radius 1 is 1.12 bits per heavy atom. The SMILES string of the molecule is NCc1ccc(Cl)cc1Sc1ccccc1F. The standard InChI is InChI=1S/C13H11ClFNS/c14-10-6-5-9(8-16)13(7-10)17-12-4-2-1-3-11(12)15/h1-7H,8,16H2.